The number of benzene rings is 1. The number of nitrogens with one attached hydrogen (secondary N) is 1. The Morgan fingerprint density at radius 2 is 2.06 bits per heavy atom. The smallest absolute Gasteiger partial charge is 0.134 e. The Bertz CT molecular complexity index is 438. The molecule has 86 valence electrons. The molecule has 0 fully saturated rings. The second-order valence-electron chi connectivity index (χ2n) is 3.83. The molecule has 1 N–H and O–H groups in total. The Kier molecular flexibility index (Phi) is 4.31. The number of thiol groups is 1. The summed E-state index contributed by atoms with van der Waals surface area (Å²) in [4.78, 5) is 0. The van der Waals surface area contributed by atoms with Crippen molar-refractivity contribution >= 4 is 23.6 Å². The molecule has 0 aliphatic heterocycles. The molecule has 2 rings (SSSR count). The Morgan fingerprint density at radius 1 is 1.19 bits per heavy atom. The van der Waals surface area contributed by atoms with Gasteiger partial charge in [-0.3, -0.25) is 0 Å². The predicted octanol–water partition coefficient (Wildman–Crippen LogP) is 2.88. The van der Waals surface area contributed by atoms with Gasteiger partial charge in [-0.05, 0) is 43.3 Å². The summed E-state index contributed by atoms with van der Waals surface area (Å²) in [6, 6.07) is 8.17. The zero-order valence-electron chi connectivity index (χ0n) is 9.28. The van der Waals surface area contributed by atoms with Crippen molar-refractivity contribution in [3.05, 3.63) is 36.1 Å². The molecule has 0 aliphatic rings. The molecule has 0 saturated heterocycles. The van der Waals surface area contributed by atoms with Crippen molar-refractivity contribution in [2.45, 2.75) is 12.8 Å². The Hall–Kier alpha value is -0.930. The van der Waals surface area contributed by atoms with E-state index in [1.165, 1.54) is 10.9 Å². The zero-order valence-corrected chi connectivity index (χ0v) is 10.2. The van der Waals surface area contributed by atoms with Gasteiger partial charge < -0.3 is 9.73 Å². The molecule has 0 bridgehead atoms. The number of para-hydroxylation sites is 1. The summed E-state index contributed by atoms with van der Waals surface area (Å²) in [6.45, 7) is 2.04. The van der Waals surface area contributed by atoms with E-state index in [-0.39, 0.29) is 0 Å². The molecule has 1 aromatic carbocycles. The van der Waals surface area contributed by atoms with Crippen LogP contribution < -0.4 is 5.32 Å². The average Bonchev–Trinajstić information content (AvgIpc) is 2.73. The van der Waals surface area contributed by atoms with E-state index in [0.717, 1.165) is 37.3 Å². The molecule has 0 radical (unpaired) electrons. The summed E-state index contributed by atoms with van der Waals surface area (Å²) in [7, 11) is 0. The first-order valence-corrected chi connectivity index (χ1v) is 6.32. The molecule has 0 unspecified atom stereocenters. The third-order valence-corrected chi connectivity index (χ3v) is 2.96. The summed E-state index contributed by atoms with van der Waals surface area (Å²) >= 11 is 4.18. The van der Waals surface area contributed by atoms with E-state index in [1.807, 2.05) is 18.4 Å². The number of furan rings is 1. The van der Waals surface area contributed by atoms with E-state index in [2.05, 4.69) is 30.1 Å². The van der Waals surface area contributed by atoms with Gasteiger partial charge in [0.25, 0.3) is 0 Å². The average molecular weight is 235 g/mol. The van der Waals surface area contributed by atoms with Gasteiger partial charge in [0, 0.05) is 5.39 Å². The van der Waals surface area contributed by atoms with Gasteiger partial charge in [0.2, 0.25) is 0 Å². The molecule has 1 heterocycles. The topological polar surface area (TPSA) is 25.2 Å². The van der Waals surface area contributed by atoms with E-state index in [0.29, 0.717) is 0 Å². The van der Waals surface area contributed by atoms with Crippen LogP contribution >= 0.6 is 12.6 Å². The number of hydrogen-bond acceptors (Lipinski definition) is 3. The van der Waals surface area contributed by atoms with Crippen molar-refractivity contribution in [1.82, 2.24) is 5.32 Å². The first-order valence-electron chi connectivity index (χ1n) is 5.68. The van der Waals surface area contributed by atoms with Crippen LogP contribution in [0.1, 0.15) is 12.0 Å². The monoisotopic (exact) mass is 235 g/mol. The van der Waals surface area contributed by atoms with Gasteiger partial charge >= 0.3 is 0 Å². The van der Waals surface area contributed by atoms with Crippen LogP contribution in [0.25, 0.3) is 11.0 Å². The molecular formula is C13H17NOS. The van der Waals surface area contributed by atoms with E-state index >= 15 is 0 Å². The Labute approximate surface area is 101 Å². The molecule has 0 aliphatic carbocycles. The maximum absolute atomic E-state index is 5.49. The fourth-order valence-corrected chi connectivity index (χ4v) is 1.94. The minimum atomic E-state index is 0.946. The Morgan fingerprint density at radius 3 is 2.94 bits per heavy atom. The van der Waals surface area contributed by atoms with Crippen molar-refractivity contribution in [1.29, 1.82) is 0 Å². The van der Waals surface area contributed by atoms with E-state index in [1.54, 1.807) is 0 Å². The van der Waals surface area contributed by atoms with Gasteiger partial charge in [0.15, 0.2) is 0 Å². The third-order valence-electron chi connectivity index (χ3n) is 2.64. The normalized spacial score (nSPS) is 11.1. The van der Waals surface area contributed by atoms with Crippen molar-refractivity contribution in [2.75, 3.05) is 18.8 Å². The fourth-order valence-electron chi connectivity index (χ4n) is 1.78. The predicted molar refractivity (Wildman–Crippen MR) is 71.3 cm³/mol. The number of rotatable bonds is 6. The lowest BCUT2D eigenvalue weighted by Gasteiger charge is -2.01. The maximum Gasteiger partial charge on any atom is 0.134 e. The molecule has 2 nitrogen and oxygen atoms in total. The highest BCUT2D eigenvalue weighted by Gasteiger charge is 2.03. The van der Waals surface area contributed by atoms with Gasteiger partial charge in [0.1, 0.15) is 5.58 Å². The summed E-state index contributed by atoms with van der Waals surface area (Å²) in [5.41, 5.74) is 2.27. The van der Waals surface area contributed by atoms with Crippen molar-refractivity contribution in [3.8, 4) is 0 Å². The third kappa shape index (κ3) is 2.80. The molecule has 3 heteroatoms. The highest BCUT2D eigenvalue weighted by molar-refractivity contribution is 7.80. The highest BCUT2D eigenvalue weighted by Crippen LogP contribution is 2.20. The zero-order chi connectivity index (χ0) is 11.2. The molecule has 0 spiro atoms. The second kappa shape index (κ2) is 5.97. The van der Waals surface area contributed by atoms with Gasteiger partial charge in [-0.25, -0.2) is 0 Å². The van der Waals surface area contributed by atoms with Crippen LogP contribution in [0.5, 0.6) is 0 Å². The van der Waals surface area contributed by atoms with Crippen molar-refractivity contribution in [2.24, 2.45) is 0 Å². The molecule has 16 heavy (non-hydrogen) atoms. The SMILES string of the molecule is SCCCNCCc1coc2ccccc12. The Balaban J connectivity index is 1.89. The van der Waals surface area contributed by atoms with Crippen LogP contribution in [0.4, 0.5) is 0 Å². The lowest BCUT2D eigenvalue weighted by Crippen LogP contribution is -2.18. The molecule has 1 aromatic heterocycles. The minimum Gasteiger partial charge on any atom is -0.464 e. The highest BCUT2D eigenvalue weighted by atomic mass is 32.1. The number of hydrogen-bond donors (Lipinski definition) is 2. The van der Waals surface area contributed by atoms with E-state index in [4.69, 9.17) is 4.42 Å². The van der Waals surface area contributed by atoms with Crippen LogP contribution in [-0.2, 0) is 6.42 Å². The summed E-state index contributed by atoms with van der Waals surface area (Å²) in [5.74, 6) is 0.946. The fraction of sp³-hybridized carbons (Fsp3) is 0.385. The summed E-state index contributed by atoms with van der Waals surface area (Å²) in [6.07, 6.45) is 4.00. The van der Waals surface area contributed by atoms with Gasteiger partial charge in [-0.15, -0.1) is 0 Å². The van der Waals surface area contributed by atoms with Gasteiger partial charge in [-0.1, -0.05) is 18.2 Å². The molecule has 0 saturated carbocycles. The van der Waals surface area contributed by atoms with E-state index < -0.39 is 0 Å². The lowest BCUT2D eigenvalue weighted by molar-refractivity contribution is 0.605. The van der Waals surface area contributed by atoms with Crippen LogP contribution in [0.3, 0.4) is 0 Å². The second-order valence-corrected chi connectivity index (χ2v) is 4.28. The molecular weight excluding hydrogens is 218 g/mol. The van der Waals surface area contributed by atoms with Crippen LogP contribution in [0.15, 0.2) is 34.9 Å². The lowest BCUT2D eigenvalue weighted by atomic mass is 10.1. The summed E-state index contributed by atoms with van der Waals surface area (Å²) in [5, 5.41) is 4.63. The van der Waals surface area contributed by atoms with Crippen LogP contribution in [-0.4, -0.2) is 18.8 Å². The quantitative estimate of drug-likeness (QED) is 0.594. The van der Waals surface area contributed by atoms with Crippen molar-refractivity contribution < 1.29 is 4.42 Å². The van der Waals surface area contributed by atoms with Crippen molar-refractivity contribution in [3.63, 3.8) is 0 Å². The maximum atomic E-state index is 5.49. The minimum absolute atomic E-state index is 0.946. The van der Waals surface area contributed by atoms with Gasteiger partial charge in [-0.2, -0.15) is 12.6 Å². The number of fused-ring (bicyclic) bond motifs is 1. The van der Waals surface area contributed by atoms with E-state index in [9.17, 15) is 0 Å². The molecule has 0 amide bonds. The standard InChI is InChI=1S/C13H17NOS/c16-9-3-7-14-8-6-11-10-15-13-5-2-1-4-12(11)13/h1-2,4-5,10,14,16H,3,6-9H2. The van der Waals surface area contributed by atoms with Crippen LogP contribution in [0.2, 0.25) is 0 Å². The van der Waals surface area contributed by atoms with Gasteiger partial charge in [0.05, 0.1) is 6.26 Å². The van der Waals surface area contributed by atoms with Crippen LogP contribution in [0, 0.1) is 0 Å². The molecule has 0 atom stereocenters. The first-order chi connectivity index (χ1) is 7.92. The summed E-state index contributed by atoms with van der Waals surface area (Å²) < 4.78 is 5.49. The molecule has 2 aromatic rings. The first kappa shape index (κ1) is 11.6. The largest absolute Gasteiger partial charge is 0.464 e.